The van der Waals surface area contributed by atoms with Gasteiger partial charge in [0.05, 0.1) is 17.8 Å². The van der Waals surface area contributed by atoms with E-state index in [1.807, 2.05) is 18.3 Å². The molecule has 7 heteroatoms. The third-order valence-electron chi connectivity index (χ3n) is 4.62. The van der Waals surface area contributed by atoms with Crippen molar-refractivity contribution in [1.29, 1.82) is 0 Å². The van der Waals surface area contributed by atoms with Crippen molar-refractivity contribution >= 4 is 29.1 Å². The van der Waals surface area contributed by atoms with Crippen molar-refractivity contribution < 1.29 is 9.53 Å². The van der Waals surface area contributed by atoms with Crippen molar-refractivity contribution in [1.82, 2.24) is 10.3 Å². The fraction of sp³-hybridized carbons (Fsp3) is 0.400. The number of methoxy groups -OCH3 is 1. The number of hydrogen-bond acceptors (Lipinski definition) is 4. The number of urea groups is 1. The number of hydrogen-bond donors (Lipinski definition) is 2. The maximum atomic E-state index is 12.1. The molecule has 3 rings (SSSR count). The molecule has 27 heavy (non-hydrogen) atoms. The Hall–Kier alpha value is -2.47. The molecule has 1 aliphatic heterocycles. The highest BCUT2D eigenvalue weighted by atomic mass is 35.5. The highest BCUT2D eigenvalue weighted by Crippen LogP contribution is 2.26. The first-order valence-corrected chi connectivity index (χ1v) is 9.62. The average molecular weight is 389 g/mol. The zero-order valence-electron chi connectivity index (χ0n) is 15.5. The minimum absolute atomic E-state index is 0.321. The summed E-state index contributed by atoms with van der Waals surface area (Å²) >= 11 is 6.14. The molecule has 0 spiro atoms. The number of amides is 2. The van der Waals surface area contributed by atoms with E-state index in [9.17, 15) is 4.79 Å². The van der Waals surface area contributed by atoms with Crippen LogP contribution in [0.5, 0.6) is 5.75 Å². The Morgan fingerprint density at radius 2 is 1.96 bits per heavy atom. The first-order chi connectivity index (χ1) is 13.2. The quantitative estimate of drug-likeness (QED) is 0.794. The van der Waals surface area contributed by atoms with Crippen molar-refractivity contribution in [2.75, 3.05) is 30.4 Å². The zero-order chi connectivity index (χ0) is 19.1. The zero-order valence-corrected chi connectivity index (χ0v) is 16.3. The summed E-state index contributed by atoms with van der Waals surface area (Å²) in [5, 5.41) is 5.98. The Kier molecular flexibility index (Phi) is 6.76. The number of carbonyl (C=O) groups excluding carboxylic acids is 1. The normalized spacial score (nSPS) is 14.4. The maximum Gasteiger partial charge on any atom is 0.319 e. The number of nitrogens with zero attached hydrogens (tertiary/aromatic N) is 2. The van der Waals surface area contributed by atoms with Crippen LogP contribution in [-0.4, -0.2) is 31.2 Å². The van der Waals surface area contributed by atoms with Gasteiger partial charge in [-0.1, -0.05) is 30.5 Å². The molecule has 1 saturated heterocycles. The van der Waals surface area contributed by atoms with Crippen LogP contribution in [0.15, 0.2) is 36.5 Å². The standard InChI is InChI=1S/C20H25ClN4O2/c1-27-16-7-8-18(17(21)12-16)24-20(26)23-14-15-6-9-19(22-13-15)25-10-4-2-3-5-11-25/h6-9,12-13H,2-5,10-11,14H2,1H3,(H2,23,24,26). The number of nitrogens with one attached hydrogen (secondary N) is 2. The molecule has 2 N–H and O–H groups in total. The molecule has 0 saturated carbocycles. The number of rotatable bonds is 5. The maximum absolute atomic E-state index is 12.1. The van der Waals surface area contributed by atoms with Gasteiger partial charge in [-0.15, -0.1) is 0 Å². The molecule has 2 heterocycles. The van der Waals surface area contributed by atoms with Crippen LogP contribution in [0.2, 0.25) is 5.02 Å². The Balaban J connectivity index is 1.51. The van der Waals surface area contributed by atoms with Crippen LogP contribution in [0.25, 0.3) is 0 Å². The Labute approximate surface area is 164 Å². The molecular weight excluding hydrogens is 364 g/mol. The average Bonchev–Trinajstić information content (AvgIpc) is 2.98. The molecule has 1 aliphatic rings. The molecule has 1 aromatic heterocycles. The van der Waals surface area contributed by atoms with Gasteiger partial charge in [-0.3, -0.25) is 0 Å². The second kappa shape index (κ2) is 9.46. The summed E-state index contributed by atoms with van der Waals surface area (Å²) in [6, 6.07) is 8.82. The topological polar surface area (TPSA) is 66.5 Å². The third kappa shape index (κ3) is 5.50. The van der Waals surface area contributed by atoms with E-state index in [4.69, 9.17) is 16.3 Å². The molecule has 0 aliphatic carbocycles. The number of benzene rings is 1. The summed E-state index contributed by atoms with van der Waals surface area (Å²) < 4.78 is 5.10. The summed E-state index contributed by atoms with van der Waals surface area (Å²) in [5.41, 5.74) is 1.48. The van der Waals surface area contributed by atoms with E-state index in [0.717, 1.165) is 24.5 Å². The van der Waals surface area contributed by atoms with E-state index in [1.54, 1.807) is 25.3 Å². The highest BCUT2D eigenvalue weighted by Gasteiger charge is 2.11. The molecule has 0 bridgehead atoms. The molecule has 0 atom stereocenters. The predicted octanol–water partition coefficient (Wildman–Crippen LogP) is 4.45. The van der Waals surface area contributed by atoms with Crippen LogP contribution in [-0.2, 0) is 6.54 Å². The molecular formula is C20H25ClN4O2. The molecule has 1 aromatic carbocycles. The van der Waals surface area contributed by atoms with E-state index in [1.165, 1.54) is 25.7 Å². The summed E-state index contributed by atoms with van der Waals surface area (Å²) in [5.74, 6) is 1.65. The van der Waals surface area contributed by atoms with Crippen molar-refractivity contribution in [3.63, 3.8) is 0 Å². The number of carbonyl (C=O) groups is 1. The van der Waals surface area contributed by atoms with Crippen LogP contribution in [0.4, 0.5) is 16.3 Å². The molecule has 0 unspecified atom stereocenters. The molecule has 0 radical (unpaired) electrons. The predicted molar refractivity (Wildman–Crippen MR) is 109 cm³/mol. The second-order valence-electron chi connectivity index (χ2n) is 6.58. The van der Waals surface area contributed by atoms with Gasteiger partial charge in [0, 0.05) is 31.9 Å². The van der Waals surface area contributed by atoms with Gasteiger partial charge < -0.3 is 20.3 Å². The van der Waals surface area contributed by atoms with Crippen LogP contribution < -0.4 is 20.3 Å². The van der Waals surface area contributed by atoms with E-state index in [0.29, 0.717) is 23.0 Å². The van der Waals surface area contributed by atoms with Crippen molar-refractivity contribution in [3.8, 4) is 5.75 Å². The van der Waals surface area contributed by atoms with Gasteiger partial charge in [0.2, 0.25) is 0 Å². The van der Waals surface area contributed by atoms with Crippen LogP contribution >= 0.6 is 11.6 Å². The lowest BCUT2D eigenvalue weighted by atomic mass is 10.2. The van der Waals surface area contributed by atoms with E-state index in [2.05, 4.69) is 20.5 Å². The number of aromatic nitrogens is 1. The fourth-order valence-corrected chi connectivity index (χ4v) is 3.30. The number of ether oxygens (including phenoxy) is 1. The summed E-state index contributed by atoms with van der Waals surface area (Å²) in [6.45, 7) is 2.53. The lowest BCUT2D eigenvalue weighted by molar-refractivity contribution is 0.251. The van der Waals surface area contributed by atoms with Gasteiger partial charge in [0.15, 0.2) is 0 Å². The van der Waals surface area contributed by atoms with Gasteiger partial charge >= 0.3 is 6.03 Å². The minimum Gasteiger partial charge on any atom is -0.497 e. The van der Waals surface area contributed by atoms with Crippen molar-refractivity contribution in [2.24, 2.45) is 0 Å². The van der Waals surface area contributed by atoms with E-state index >= 15 is 0 Å². The second-order valence-corrected chi connectivity index (χ2v) is 6.99. The van der Waals surface area contributed by atoms with Gasteiger partial charge in [-0.25, -0.2) is 9.78 Å². The SMILES string of the molecule is COc1ccc(NC(=O)NCc2ccc(N3CCCCCC3)nc2)c(Cl)c1. The third-order valence-corrected chi connectivity index (χ3v) is 4.93. The number of pyridine rings is 1. The van der Waals surface area contributed by atoms with Crippen molar-refractivity contribution in [3.05, 3.63) is 47.1 Å². The highest BCUT2D eigenvalue weighted by molar-refractivity contribution is 6.33. The van der Waals surface area contributed by atoms with E-state index < -0.39 is 0 Å². The van der Waals surface area contributed by atoms with Gasteiger partial charge in [-0.2, -0.15) is 0 Å². The first kappa shape index (κ1) is 19.3. The number of anilines is 2. The van der Waals surface area contributed by atoms with Gasteiger partial charge in [0.25, 0.3) is 0 Å². The molecule has 2 aromatic rings. The van der Waals surface area contributed by atoms with Gasteiger partial charge in [-0.05, 0) is 36.6 Å². The number of halogens is 1. The smallest absolute Gasteiger partial charge is 0.319 e. The Morgan fingerprint density at radius 3 is 2.59 bits per heavy atom. The molecule has 6 nitrogen and oxygen atoms in total. The molecule has 144 valence electrons. The van der Waals surface area contributed by atoms with Crippen molar-refractivity contribution in [2.45, 2.75) is 32.2 Å². The first-order valence-electron chi connectivity index (χ1n) is 9.24. The Bertz CT molecular complexity index is 759. The van der Waals surface area contributed by atoms with Crippen LogP contribution in [0.3, 0.4) is 0 Å². The van der Waals surface area contributed by atoms with Crippen LogP contribution in [0, 0.1) is 0 Å². The van der Waals surface area contributed by atoms with Crippen LogP contribution in [0.1, 0.15) is 31.2 Å². The summed E-state index contributed by atoms with van der Waals surface area (Å²) in [4.78, 5) is 19.0. The lowest BCUT2D eigenvalue weighted by Crippen LogP contribution is -2.28. The molecule has 2 amide bonds. The summed E-state index contributed by atoms with van der Waals surface area (Å²) in [6.07, 6.45) is 6.86. The summed E-state index contributed by atoms with van der Waals surface area (Å²) in [7, 11) is 1.57. The largest absolute Gasteiger partial charge is 0.497 e. The Morgan fingerprint density at radius 1 is 1.19 bits per heavy atom. The minimum atomic E-state index is -0.321. The monoisotopic (exact) mass is 388 g/mol. The van der Waals surface area contributed by atoms with Gasteiger partial charge in [0.1, 0.15) is 11.6 Å². The van der Waals surface area contributed by atoms with E-state index in [-0.39, 0.29) is 6.03 Å². The molecule has 1 fully saturated rings. The lowest BCUT2D eigenvalue weighted by Gasteiger charge is -2.21. The fourth-order valence-electron chi connectivity index (χ4n) is 3.08.